The van der Waals surface area contributed by atoms with Crippen molar-refractivity contribution in [2.45, 2.75) is 50.5 Å². The van der Waals surface area contributed by atoms with E-state index in [1.54, 1.807) is 6.07 Å². The van der Waals surface area contributed by atoms with Gasteiger partial charge in [-0.05, 0) is 35.6 Å². The highest BCUT2D eigenvalue weighted by molar-refractivity contribution is 5.37. The molecule has 0 unspecified atom stereocenters. The third-order valence-electron chi connectivity index (χ3n) is 5.11. The second-order valence-corrected chi connectivity index (χ2v) is 7.10. The van der Waals surface area contributed by atoms with Gasteiger partial charge in [0.2, 0.25) is 0 Å². The van der Waals surface area contributed by atoms with Gasteiger partial charge in [-0.15, -0.1) is 0 Å². The molecule has 1 aliphatic rings. The molecule has 1 saturated heterocycles. The minimum Gasteiger partial charge on any atom is -0.394 e. The predicted molar refractivity (Wildman–Crippen MR) is 99.1 cm³/mol. The smallest absolute Gasteiger partial charge is 0.113 e. The molecule has 146 valence electrons. The normalized spacial score (nSPS) is 28.3. The maximum atomic E-state index is 10.4. The van der Waals surface area contributed by atoms with Crippen molar-refractivity contribution in [2.75, 3.05) is 6.61 Å². The van der Waals surface area contributed by atoms with Gasteiger partial charge in [0.15, 0.2) is 0 Å². The monoisotopic (exact) mass is 374 g/mol. The van der Waals surface area contributed by atoms with Crippen LogP contribution in [0.2, 0.25) is 0 Å². The third-order valence-corrected chi connectivity index (χ3v) is 5.11. The number of hydrogen-bond donors (Lipinski definition) is 5. The van der Waals surface area contributed by atoms with Gasteiger partial charge in [-0.3, -0.25) is 0 Å². The first kappa shape index (κ1) is 19.9. The van der Waals surface area contributed by atoms with Gasteiger partial charge in [0.1, 0.15) is 30.5 Å². The van der Waals surface area contributed by atoms with Crippen LogP contribution in [0.1, 0.15) is 33.9 Å². The summed E-state index contributed by atoms with van der Waals surface area (Å²) in [6, 6.07) is 13.7. The minimum atomic E-state index is -1.45. The van der Waals surface area contributed by atoms with Gasteiger partial charge >= 0.3 is 0 Å². The van der Waals surface area contributed by atoms with Gasteiger partial charge in [0.05, 0.1) is 13.2 Å². The van der Waals surface area contributed by atoms with Crippen LogP contribution in [0.25, 0.3) is 0 Å². The Kier molecular flexibility index (Phi) is 6.26. The van der Waals surface area contributed by atoms with E-state index in [9.17, 15) is 25.5 Å². The van der Waals surface area contributed by atoms with E-state index in [1.165, 1.54) is 5.56 Å². The van der Waals surface area contributed by atoms with E-state index in [-0.39, 0.29) is 6.61 Å². The molecule has 5 N–H and O–H groups in total. The predicted octanol–water partition coefficient (Wildman–Crippen LogP) is 0.593. The maximum Gasteiger partial charge on any atom is 0.113 e. The Bertz CT molecular complexity index is 758. The Morgan fingerprint density at radius 3 is 2.15 bits per heavy atom. The first-order chi connectivity index (χ1) is 12.9. The molecule has 0 spiro atoms. The molecule has 27 heavy (non-hydrogen) atoms. The summed E-state index contributed by atoms with van der Waals surface area (Å²) in [4.78, 5) is 0. The van der Waals surface area contributed by atoms with E-state index >= 15 is 0 Å². The Labute approximate surface area is 158 Å². The molecule has 2 aromatic rings. The van der Waals surface area contributed by atoms with E-state index in [1.807, 2.05) is 43.3 Å². The molecule has 6 nitrogen and oxygen atoms in total. The van der Waals surface area contributed by atoms with Crippen molar-refractivity contribution in [1.82, 2.24) is 0 Å². The number of ether oxygens (including phenoxy) is 1. The summed E-state index contributed by atoms with van der Waals surface area (Å²) in [5.41, 5.74) is 4.36. The van der Waals surface area contributed by atoms with Crippen molar-refractivity contribution < 1.29 is 30.3 Å². The summed E-state index contributed by atoms with van der Waals surface area (Å²) in [5.74, 6) is 0. The molecule has 1 aliphatic heterocycles. The molecule has 0 bridgehead atoms. The third kappa shape index (κ3) is 4.21. The molecule has 0 amide bonds. The highest BCUT2D eigenvalue weighted by Gasteiger charge is 2.44. The van der Waals surface area contributed by atoms with Crippen LogP contribution < -0.4 is 0 Å². The van der Waals surface area contributed by atoms with Gasteiger partial charge in [-0.1, -0.05) is 48.0 Å². The Morgan fingerprint density at radius 1 is 0.852 bits per heavy atom. The molecule has 0 radical (unpaired) electrons. The van der Waals surface area contributed by atoms with Crippen LogP contribution >= 0.6 is 0 Å². The van der Waals surface area contributed by atoms with Gasteiger partial charge in [-0.2, -0.15) is 0 Å². The Hall–Kier alpha value is -1.80. The number of rotatable bonds is 5. The summed E-state index contributed by atoms with van der Waals surface area (Å²) in [5, 5.41) is 49.5. The summed E-state index contributed by atoms with van der Waals surface area (Å²) >= 11 is 0. The molecule has 0 saturated carbocycles. The van der Waals surface area contributed by atoms with Crippen LogP contribution in [-0.2, 0) is 17.8 Å². The standard InChI is InChI=1S/C21H26O6/c1-12-2-4-13(5-3-12)8-14-6-7-15(10-22)16(9-14)21-20(26)19(25)18(24)17(11-23)27-21/h2-7,9,17-26H,8,10-11H2,1H3/t17-,18-,19+,20-,21+/m1/s1. The number of aliphatic hydroxyl groups excluding tert-OH is 5. The fourth-order valence-corrected chi connectivity index (χ4v) is 3.46. The molecule has 2 aromatic carbocycles. The zero-order valence-corrected chi connectivity index (χ0v) is 15.2. The highest BCUT2D eigenvalue weighted by atomic mass is 16.5. The van der Waals surface area contributed by atoms with Crippen molar-refractivity contribution in [2.24, 2.45) is 0 Å². The topological polar surface area (TPSA) is 110 Å². The number of aliphatic hydroxyl groups is 5. The minimum absolute atomic E-state index is 0.255. The SMILES string of the molecule is Cc1ccc(Cc2ccc(CO)c([C@@H]3O[C@H](CO)[C@@H](O)[C@H](O)[C@H]3O)c2)cc1. The fraction of sp³-hybridized carbons (Fsp3) is 0.429. The van der Waals surface area contributed by atoms with Crippen molar-refractivity contribution in [1.29, 1.82) is 0 Å². The number of benzene rings is 2. The van der Waals surface area contributed by atoms with Crippen LogP contribution in [-0.4, -0.2) is 56.6 Å². The second-order valence-electron chi connectivity index (χ2n) is 7.10. The first-order valence-corrected chi connectivity index (χ1v) is 9.03. The quantitative estimate of drug-likeness (QED) is 0.524. The number of aryl methyl sites for hydroxylation is 1. The molecule has 0 aromatic heterocycles. The van der Waals surface area contributed by atoms with Crippen LogP contribution in [0.3, 0.4) is 0 Å². The van der Waals surface area contributed by atoms with E-state index in [0.717, 1.165) is 11.1 Å². The highest BCUT2D eigenvalue weighted by Crippen LogP contribution is 2.35. The lowest BCUT2D eigenvalue weighted by molar-refractivity contribution is -0.232. The van der Waals surface area contributed by atoms with E-state index in [4.69, 9.17) is 4.74 Å². The summed E-state index contributed by atoms with van der Waals surface area (Å²) in [7, 11) is 0. The molecule has 1 fully saturated rings. The van der Waals surface area contributed by atoms with Crippen LogP contribution in [0, 0.1) is 6.92 Å². The molecule has 5 atom stereocenters. The zero-order chi connectivity index (χ0) is 19.6. The fourth-order valence-electron chi connectivity index (χ4n) is 3.46. The van der Waals surface area contributed by atoms with Crippen molar-refractivity contribution >= 4 is 0 Å². The lowest BCUT2D eigenvalue weighted by Gasteiger charge is -2.40. The lowest BCUT2D eigenvalue weighted by Crippen LogP contribution is -2.55. The molecular formula is C21H26O6. The van der Waals surface area contributed by atoms with Gasteiger partial charge < -0.3 is 30.3 Å². The first-order valence-electron chi connectivity index (χ1n) is 9.03. The molecule has 3 rings (SSSR count). The maximum absolute atomic E-state index is 10.4. The van der Waals surface area contributed by atoms with E-state index in [2.05, 4.69) is 0 Å². The van der Waals surface area contributed by atoms with Crippen LogP contribution in [0.4, 0.5) is 0 Å². The van der Waals surface area contributed by atoms with E-state index < -0.39 is 37.1 Å². The largest absolute Gasteiger partial charge is 0.394 e. The van der Waals surface area contributed by atoms with Crippen LogP contribution in [0.5, 0.6) is 0 Å². The molecule has 1 heterocycles. The molecule has 6 heteroatoms. The summed E-state index contributed by atoms with van der Waals surface area (Å²) < 4.78 is 5.66. The second kappa shape index (κ2) is 8.48. The molecular weight excluding hydrogens is 348 g/mol. The van der Waals surface area contributed by atoms with Crippen molar-refractivity contribution in [3.8, 4) is 0 Å². The lowest BCUT2D eigenvalue weighted by atomic mass is 9.88. The molecule has 0 aliphatic carbocycles. The Morgan fingerprint density at radius 2 is 1.52 bits per heavy atom. The average Bonchev–Trinajstić information content (AvgIpc) is 2.68. The summed E-state index contributed by atoms with van der Waals surface area (Å²) in [6.07, 6.45) is -5.51. The van der Waals surface area contributed by atoms with Crippen LogP contribution in [0.15, 0.2) is 42.5 Å². The Balaban J connectivity index is 1.92. The number of hydrogen-bond acceptors (Lipinski definition) is 6. The van der Waals surface area contributed by atoms with Crippen molar-refractivity contribution in [3.05, 3.63) is 70.3 Å². The van der Waals surface area contributed by atoms with Crippen molar-refractivity contribution in [3.63, 3.8) is 0 Å². The van der Waals surface area contributed by atoms with Gasteiger partial charge in [-0.25, -0.2) is 0 Å². The van der Waals surface area contributed by atoms with Gasteiger partial charge in [0.25, 0.3) is 0 Å². The zero-order valence-electron chi connectivity index (χ0n) is 15.2. The van der Waals surface area contributed by atoms with Gasteiger partial charge in [0, 0.05) is 0 Å². The van der Waals surface area contributed by atoms with E-state index in [0.29, 0.717) is 17.5 Å². The summed E-state index contributed by atoms with van der Waals surface area (Å²) in [6.45, 7) is 1.28. The average molecular weight is 374 g/mol.